The largest absolute Gasteiger partial charge is 0.478 e. The van der Waals surface area contributed by atoms with E-state index in [1.807, 2.05) is 0 Å². The van der Waals surface area contributed by atoms with Crippen molar-refractivity contribution in [1.29, 1.82) is 0 Å². The van der Waals surface area contributed by atoms with Crippen molar-refractivity contribution in [2.45, 2.75) is 13.3 Å². The van der Waals surface area contributed by atoms with E-state index >= 15 is 0 Å². The van der Waals surface area contributed by atoms with Crippen molar-refractivity contribution >= 4 is 17.6 Å². The van der Waals surface area contributed by atoms with Crippen LogP contribution in [0.5, 0.6) is 0 Å². The number of alkyl halides is 1. The molecule has 0 heterocycles. The fourth-order valence-electron chi connectivity index (χ4n) is 0.477. The van der Waals surface area contributed by atoms with Crippen LogP contribution in [0.3, 0.4) is 0 Å². The molecule has 2 nitrogen and oxygen atoms in total. The lowest BCUT2D eigenvalue weighted by atomic mass is 10.2. The maximum Gasteiger partial charge on any atom is 0.331 e. The first-order valence-corrected chi connectivity index (χ1v) is 3.20. The number of allylic oxidation sites excluding steroid dienone is 1. The van der Waals surface area contributed by atoms with Gasteiger partial charge in [-0.05, 0) is 13.3 Å². The van der Waals surface area contributed by atoms with E-state index in [4.69, 9.17) is 16.7 Å². The summed E-state index contributed by atoms with van der Waals surface area (Å²) in [6.07, 6.45) is 2.00. The molecule has 0 aliphatic heterocycles. The average molecular weight is 149 g/mol. The van der Waals surface area contributed by atoms with Gasteiger partial charge in [0.2, 0.25) is 0 Å². The van der Waals surface area contributed by atoms with Crippen molar-refractivity contribution in [3.63, 3.8) is 0 Å². The number of carboxylic acid groups (broad SMARTS) is 1. The summed E-state index contributed by atoms with van der Waals surface area (Å²) >= 11 is 5.31. The minimum atomic E-state index is -0.877. The van der Waals surface area contributed by atoms with E-state index in [1.165, 1.54) is 0 Å². The van der Waals surface area contributed by atoms with E-state index in [1.54, 1.807) is 13.0 Å². The summed E-state index contributed by atoms with van der Waals surface area (Å²) in [4.78, 5) is 10.2. The van der Waals surface area contributed by atoms with Gasteiger partial charge >= 0.3 is 5.97 Å². The molecule has 0 aliphatic carbocycles. The summed E-state index contributed by atoms with van der Waals surface area (Å²) in [5, 5.41) is 8.38. The molecule has 0 amide bonds. The number of carbonyl (C=O) groups is 1. The monoisotopic (exact) mass is 148 g/mol. The van der Waals surface area contributed by atoms with Crippen LogP contribution in [-0.2, 0) is 4.79 Å². The zero-order chi connectivity index (χ0) is 7.28. The number of hydrogen-bond donors (Lipinski definition) is 1. The number of carboxylic acids is 1. The molecule has 0 fully saturated rings. The maximum absolute atomic E-state index is 10.2. The van der Waals surface area contributed by atoms with Crippen molar-refractivity contribution in [3.05, 3.63) is 11.6 Å². The van der Waals surface area contributed by atoms with Gasteiger partial charge in [-0.1, -0.05) is 6.08 Å². The molecule has 0 aliphatic rings. The van der Waals surface area contributed by atoms with Gasteiger partial charge in [0.25, 0.3) is 0 Å². The fraction of sp³-hybridized carbons (Fsp3) is 0.500. The maximum atomic E-state index is 10.2. The first-order valence-electron chi connectivity index (χ1n) is 2.66. The molecule has 0 unspecified atom stereocenters. The third-order valence-corrected chi connectivity index (χ3v) is 1.18. The third kappa shape index (κ3) is 3.14. The van der Waals surface area contributed by atoms with Crippen LogP contribution in [0.25, 0.3) is 0 Å². The zero-order valence-electron chi connectivity index (χ0n) is 5.22. The van der Waals surface area contributed by atoms with Crippen LogP contribution in [0, 0.1) is 0 Å². The molecule has 0 bridgehead atoms. The average Bonchev–Trinajstić information content (AvgIpc) is 1.82. The molecule has 3 heteroatoms. The highest BCUT2D eigenvalue weighted by Crippen LogP contribution is 2.01. The fourth-order valence-corrected chi connectivity index (χ4v) is 0.680. The van der Waals surface area contributed by atoms with Gasteiger partial charge in [0, 0.05) is 11.5 Å². The topological polar surface area (TPSA) is 37.3 Å². The van der Waals surface area contributed by atoms with Gasteiger partial charge in [-0.2, -0.15) is 0 Å². The number of rotatable bonds is 3. The predicted octanol–water partition coefficient (Wildman–Crippen LogP) is 1.65. The second-order valence-electron chi connectivity index (χ2n) is 1.56. The summed E-state index contributed by atoms with van der Waals surface area (Å²) in [7, 11) is 0. The Morgan fingerprint density at radius 3 is 2.44 bits per heavy atom. The van der Waals surface area contributed by atoms with E-state index in [2.05, 4.69) is 0 Å². The van der Waals surface area contributed by atoms with Crippen molar-refractivity contribution in [2.24, 2.45) is 0 Å². The molecule has 0 saturated heterocycles. The van der Waals surface area contributed by atoms with Crippen molar-refractivity contribution in [1.82, 2.24) is 0 Å². The van der Waals surface area contributed by atoms with Crippen molar-refractivity contribution < 1.29 is 9.90 Å². The molecule has 0 spiro atoms. The van der Waals surface area contributed by atoms with Crippen LogP contribution in [-0.4, -0.2) is 17.0 Å². The molecular weight excluding hydrogens is 140 g/mol. The summed E-state index contributed by atoms with van der Waals surface area (Å²) in [6.45, 7) is 1.69. The first-order chi connectivity index (χ1) is 4.22. The van der Waals surface area contributed by atoms with Crippen molar-refractivity contribution in [3.8, 4) is 0 Å². The highest BCUT2D eigenvalue weighted by atomic mass is 35.5. The molecule has 0 aromatic rings. The van der Waals surface area contributed by atoms with Crippen LogP contribution < -0.4 is 0 Å². The van der Waals surface area contributed by atoms with Crippen LogP contribution in [0.2, 0.25) is 0 Å². The second kappa shape index (κ2) is 4.39. The lowest BCUT2D eigenvalue weighted by Gasteiger charge is -1.94. The second-order valence-corrected chi connectivity index (χ2v) is 1.94. The van der Waals surface area contributed by atoms with Gasteiger partial charge in [0.1, 0.15) is 0 Å². The Morgan fingerprint density at radius 2 is 2.33 bits per heavy atom. The Hall–Kier alpha value is -0.500. The smallest absolute Gasteiger partial charge is 0.331 e. The minimum Gasteiger partial charge on any atom is -0.478 e. The van der Waals surface area contributed by atoms with Gasteiger partial charge in [0.05, 0.1) is 0 Å². The molecule has 0 radical (unpaired) electrons. The molecule has 0 aromatic carbocycles. The molecule has 0 aromatic heterocycles. The Bertz CT molecular complexity index is 129. The molecular formula is C6H9ClO2. The van der Waals surface area contributed by atoms with E-state index in [9.17, 15) is 4.79 Å². The molecule has 52 valence electrons. The third-order valence-electron chi connectivity index (χ3n) is 0.987. The molecule has 9 heavy (non-hydrogen) atoms. The molecule has 0 saturated carbocycles. The van der Waals surface area contributed by atoms with Crippen LogP contribution in [0.1, 0.15) is 13.3 Å². The number of aliphatic carboxylic acids is 1. The van der Waals surface area contributed by atoms with E-state index < -0.39 is 5.97 Å². The Morgan fingerprint density at radius 1 is 1.78 bits per heavy atom. The normalized spacial score (nSPS) is 11.6. The van der Waals surface area contributed by atoms with Crippen molar-refractivity contribution in [2.75, 3.05) is 5.88 Å². The van der Waals surface area contributed by atoms with Crippen LogP contribution in [0.4, 0.5) is 0 Å². The van der Waals surface area contributed by atoms with Gasteiger partial charge in [-0.3, -0.25) is 0 Å². The molecule has 1 N–H and O–H groups in total. The predicted molar refractivity (Wildman–Crippen MR) is 36.7 cm³/mol. The van der Waals surface area contributed by atoms with Crippen LogP contribution in [0.15, 0.2) is 11.6 Å². The molecule has 0 atom stereocenters. The summed E-state index contributed by atoms with van der Waals surface area (Å²) < 4.78 is 0. The lowest BCUT2D eigenvalue weighted by molar-refractivity contribution is -0.132. The van der Waals surface area contributed by atoms with Crippen LogP contribution >= 0.6 is 11.6 Å². The summed E-state index contributed by atoms with van der Waals surface area (Å²) in [5.41, 5.74) is 0.380. The van der Waals surface area contributed by atoms with Gasteiger partial charge < -0.3 is 5.11 Å². The number of hydrogen-bond acceptors (Lipinski definition) is 1. The van der Waals surface area contributed by atoms with E-state index in [0.29, 0.717) is 17.9 Å². The summed E-state index contributed by atoms with van der Waals surface area (Å²) in [5.74, 6) is -0.510. The minimum absolute atomic E-state index is 0.367. The molecule has 0 rings (SSSR count). The standard InChI is InChI=1S/C6H9ClO2/c1-2-5(3-4-7)6(8)9/h2H,3-4H2,1H3,(H,8,9)/b5-2+. The highest BCUT2D eigenvalue weighted by Gasteiger charge is 2.02. The van der Waals surface area contributed by atoms with E-state index in [-0.39, 0.29) is 0 Å². The summed E-state index contributed by atoms with van der Waals surface area (Å²) in [6, 6.07) is 0. The SMILES string of the molecule is C/C=C(\CCCl)C(=O)O. The number of halogens is 1. The zero-order valence-corrected chi connectivity index (χ0v) is 5.98. The first kappa shape index (κ1) is 8.50. The quantitative estimate of drug-likeness (QED) is 0.488. The van der Waals surface area contributed by atoms with Gasteiger partial charge in [-0.15, -0.1) is 11.6 Å². The highest BCUT2D eigenvalue weighted by molar-refractivity contribution is 6.18. The Labute approximate surface area is 59.1 Å². The Balaban J connectivity index is 3.85. The van der Waals surface area contributed by atoms with E-state index in [0.717, 1.165) is 0 Å². The van der Waals surface area contributed by atoms with Gasteiger partial charge in [-0.25, -0.2) is 4.79 Å². The van der Waals surface area contributed by atoms with Gasteiger partial charge in [0.15, 0.2) is 0 Å². The lowest BCUT2D eigenvalue weighted by Crippen LogP contribution is -2.00. The Kier molecular flexibility index (Phi) is 4.14.